The Kier molecular flexibility index (Phi) is 3.89. The highest BCUT2D eigenvalue weighted by atomic mass is 79.9. The lowest BCUT2D eigenvalue weighted by Gasteiger charge is -2.30. The van der Waals surface area contributed by atoms with Gasteiger partial charge in [0.15, 0.2) is 5.03 Å². The highest BCUT2D eigenvalue weighted by molar-refractivity contribution is 9.09. The zero-order valence-corrected chi connectivity index (χ0v) is 12.1. The van der Waals surface area contributed by atoms with Gasteiger partial charge in [0.25, 0.3) is 10.0 Å². The van der Waals surface area contributed by atoms with Crippen LogP contribution in [-0.2, 0) is 17.1 Å². The summed E-state index contributed by atoms with van der Waals surface area (Å²) in [6.45, 7) is 1.20. The van der Waals surface area contributed by atoms with Crippen LogP contribution in [0.15, 0.2) is 17.3 Å². The summed E-state index contributed by atoms with van der Waals surface area (Å²) in [5.74, 6) is 0.591. The summed E-state index contributed by atoms with van der Waals surface area (Å²) in [7, 11) is -1.71. The highest BCUT2D eigenvalue weighted by Crippen LogP contribution is 2.24. The summed E-state index contributed by atoms with van der Waals surface area (Å²) in [6.07, 6.45) is 3.35. The molecule has 0 radical (unpaired) electrons. The molecule has 0 spiro atoms. The van der Waals surface area contributed by atoms with Crippen LogP contribution in [0.3, 0.4) is 0 Å². The molecular weight excluding hydrogens is 306 g/mol. The first-order valence-electron chi connectivity index (χ1n) is 5.60. The van der Waals surface area contributed by atoms with E-state index in [0.717, 1.165) is 18.2 Å². The maximum Gasteiger partial charge on any atom is 0.260 e. The Labute approximate surface area is 110 Å². The van der Waals surface area contributed by atoms with Gasteiger partial charge in [-0.25, -0.2) is 8.42 Å². The predicted octanol–water partition coefficient (Wildman–Crippen LogP) is 1.22. The Bertz CT molecular complexity index is 477. The molecule has 1 aliphatic heterocycles. The molecule has 7 heteroatoms. The SMILES string of the molecule is Cn1nccc1S(=O)(=O)N1CCC(CBr)CC1. The number of rotatable bonds is 3. The maximum absolute atomic E-state index is 12.3. The second-order valence-electron chi connectivity index (χ2n) is 4.29. The summed E-state index contributed by atoms with van der Waals surface area (Å²) in [4.78, 5) is 0. The molecule has 1 fully saturated rings. The van der Waals surface area contributed by atoms with Crippen LogP contribution < -0.4 is 0 Å². The molecule has 17 heavy (non-hydrogen) atoms. The predicted molar refractivity (Wildman–Crippen MR) is 68.5 cm³/mol. The van der Waals surface area contributed by atoms with E-state index in [0.29, 0.717) is 19.0 Å². The monoisotopic (exact) mass is 321 g/mol. The minimum Gasteiger partial charge on any atom is -0.256 e. The minimum absolute atomic E-state index is 0.273. The Balaban J connectivity index is 2.16. The first kappa shape index (κ1) is 13.0. The lowest BCUT2D eigenvalue weighted by molar-refractivity contribution is 0.290. The van der Waals surface area contributed by atoms with E-state index in [1.54, 1.807) is 17.4 Å². The van der Waals surface area contributed by atoms with Crippen molar-refractivity contribution in [2.24, 2.45) is 13.0 Å². The molecular formula is C10H16BrN3O2S. The number of aromatic nitrogens is 2. The van der Waals surface area contributed by atoms with E-state index >= 15 is 0 Å². The maximum atomic E-state index is 12.3. The quantitative estimate of drug-likeness (QED) is 0.786. The number of alkyl halides is 1. The van der Waals surface area contributed by atoms with E-state index in [2.05, 4.69) is 21.0 Å². The number of aryl methyl sites for hydroxylation is 1. The van der Waals surface area contributed by atoms with Crippen LogP contribution in [0.2, 0.25) is 0 Å². The van der Waals surface area contributed by atoms with Crippen molar-refractivity contribution in [3.05, 3.63) is 12.3 Å². The zero-order chi connectivity index (χ0) is 12.5. The van der Waals surface area contributed by atoms with E-state index in [4.69, 9.17) is 0 Å². The van der Waals surface area contributed by atoms with E-state index in [1.807, 2.05) is 0 Å². The van der Waals surface area contributed by atoms with Gasteiger partial charge in [0.05, 0.1) is 6.20 Å². The van der Waals surface area contributed by atoms with Gasteiger partial charge in [-0.2, -0.15) is 9.40 Å². The Hall–Kier alpha value is -0.400. The van der Waals surface area contributed by atoms with Gasteiger partial charge >= 0.3 is 0 Å². The molecule has 1 aromatic rings. The molecule has 1 saturated heterocycles. The Morgan fingerprint density at radius 3 is 2.59 bits per heavy atom. The number of sulfonamides is 1. The summed E-state index contributed by atoms with van der Waals surface area (Å²) in [5.41, 5.74) is 0. The highest BCUT2D eigenvalue weighted by Gasteiger charge is 2.30. The number of hydrogen-bond donors (Lipinski definition) is 0. The van der Waals surface area contributed by atoms with Gasteiger partial charge < -0.3 is 0 Å². The molecule has 0 unspecified atom stereocenters. The second kappa shape index (κ2) is 5.07. The fourth-order valence-corrected chi connectivity index (χ4v) is 4.27. The van der Waals surface area contributed by atoms with Crippen molar-refractivity contribution in [1.82, 2.24) is 14.1 Å². The summed E-state index contributed by atoms with van der Waals surface area (Å²) in [5, 5.41) is 5.14. The zero-order valence-electron chi connectivity index (χ0n) is 9.71. The molecule has 0 bridgehead atoms. The van der Waals surface area contributed by atoms with Crippen molar-refractivity contribution in [3.8, 4) is 0 Å². The first-order chi connectivity index (χ1) is 8.05. The molecule has 0 aromatic carbocycles. The van der Waals surface area contributed by atoms with Crippen LogP contribution in [0.5, 0.6) is 0 Å². The normalized spacial score (nSPS) is 19.6. The number of nitrogens with zero attached hydrogens (tertiary/aromatic N) is 3. The molecule has 96 valence electrons. The van der Waals surface area contributed by atoms with Gasteiger partial charge in [-0.05, 0) is 24.8 Å². The van der Waals surface area contributed by atoms with Crippen molar-refractivity contribution >= 4 is 26.0 Å². The topological polar surface area (TPSA) is 55.2 Å². The number of halogens is 1. The summed E-state index contributed by atoms with van der Waals surface area (Å²) in [6, 6.07) is 1.55. The van der Waals surface area contributed by atoms with Gasteiger partial charge in [-0.1, -0.05) is 15.9 Å². The Morgan fingerprint density at radius 1 is 1.47 bits per heavy atom. The van der Waals surface area contributed by atoms with Crippen molar-refractivity contribution in [2.45, 2.75) is 17.9 Å². The van der Waals surface area contributed by atoms with Crippen molar-refractivity contribution < 1.29 is 8.42 Å². The molecule has 0 atom stereocenters. The standard InChI is InChI=1S/C10H16BrN3O2S/c1-13-10(2-5-12-13)17(15,16)14-6-3-9(8-11)4-7-14/h2,5,9H,3-4,6-8H2,1H3. The van der Waals surface area contributed by atoms with E-state index < -0.39 is 10.0 Å². The van der Waals surface area contributed by atoms with E-state index in [-0.39, 0.29) is 5.03 Å². The van der Waals surface area contributed by atoms with Crippen LogP contribution in [0.1, 0.15) is 12.8 Å². The molecule has 2 rings (SSSR count). The molecule has 0 N–H and O–H groups in total. The molecule has 2 heterocycles. The van der Waals surface area contributed by atoms with E-state index in [9.17, 15) is 8.42 Å². The Morgan fingerprint density at radius 2 is 2.12 bits per heavy atom. The largest absolute Gasteiger partial charge is 0.260 e. The molecule has 0 aliphatic carbocycles. The smallest absolute Gasteiger partial charge is 0.256 e. The first-order valence-corrected chi connectivity index (χ1v) is 8.16. The third-order valence-electron chi connectivity index (χ3n) is 3.17. The summed E-state index contributed by atoms with van der Waals surface area (Å²) >= 11 is 3.45. The van der Waals surface area contributed by atoms with Crippen molar-refractivity contribution in [2.75, 3.05) is 18.4 Å². The van der Waals surface area contributed by atoms with Gasteiger partial charge in [0, 0.05) is 25.5 Å². The van der Waals surface area contributed by atoms with Crippen LogP contribution in [0.4, 0.5) is 0 Å². The average Bonchev–Trinajstić information content (AvgIpc) is 2.76. The van der Waals surface area contributed by atoms with Crippen molar-refractivity contribution in [1.29, 1.82) is 0 Å². The van der Waals surface area contributed by atoms with Crippen molar-refractivity contribution in [3.63, 3.8) is 0 Å². The molecule has 0 saturated carbocycles. The summed E-state index contributed by atoms with van der Waals surface area (Å²) < 4.78 is 27.6. The average molecular weight is 322 g/mol. The molecule has 1 aliphatic rings. The number of piperidine rings is 1. The fraction of sp³-hybridized carbons (Fsp3) is 0.700. The second-order valence-corrected chi connectivity index (χ2v) is 6.83. The number of hydrogen-bond acceptors (Lipinski definition) is 3. The van der Waals surface area contributed by atoms with Gasteiger partial charge in [-0.15, -0.1) is 0 Å². The van der Waals surface area contributed by atoms with Gasteiger partial charge in [-0.3, -0.25) is 4.68 Å². The van der Waals surface area contributed by atoms with Gasteiger partial charge in [0.2, 0.25) is 0 Å². The fourth-order valence-electron chi connectivity index (χ4n) is 2.05. The van der Waals surface area contributed by atoms with Crippen LogP contribution in [0, 0.1) is 5.92 Å². The van der Waals surface area contributed by atoms with Crippen LogP contribution in [0.25, 0.3) is 0 Å². The lowest BCUT2D eigenvalue weighted by Crippen LogP contribution is -2.39. The van der Waals surface area contributed by atoms with Crippen LogP contribution in [-0.4, -0.2) is 40.9 Å². The minimum atomic E-state index is -3.36. The molecule has 1 aromatic heterocycles. The van der Waals surface area contributed by atoms with Gasteiger partial charge in [0.1, 0.15) is 0 Å². The molecule has 0 amide bonds. The van der Waals surface area contributed by atoms with E-state index in [1.165, 1.54) is 10.9 Å². The molecule has 5 nitrogen and oxygen atoms in total. The lowest BCUT2D eigenvalue weighted by atomic mass is 10.0. The van der Waals surface area contributed by atoms with Crippen LogP contribution >= 0.6 is 15.9 Å². The third kappa shape index (κ3) is 2.56. The third-order valence-corrected chi connectivity index (χ3v) is 6.06.